The van der Waals surface area contributed by atoms with Gasteiger partial charge in [0.15, 0.2) is 11.5 Å². The summed E-state index contributed by atoms with van der Waals surface area (Å²) in [5.41, 5.74) is 0.924. The molecule has 3 aromatic rings. The van der Waals surface area contributed by atoms with Crippen molar-refractivity contribution in [3.63, 3.8) is 0 Å². The summed E-state index contributed by atoms with van der Waals surface area (Å²) >= 11 is 23.3. The fraction of sp³-hybridized carbons (Fsp3) is 0.133. The number of halogens is 4. The predicted octanol–water partition coefficient (Wildman–Crippen LogP) is 5.68. The number of nitrogens with zero attached hydrogens (tertiary/aromatic N) is 2. The van der Waals surface area contributed by atoms with Crippen LogP contribution in [0.5, 0.6) is 11.5 Å². The van der Waals surface area contributed by atoms with Crippen LogP contribution >= 0.6 is 62.1 Å². The summed E-state index contributed by atoms with van der Waals surface area (Å²) in [7, 11) is 2.88. The fourth-order valence-corrected chi connectivity index (χ4v) is 5.02. The second-order valence-corrected chi connectivity index (χ2v) is 7.62. The number of carbonyl (C=O) groups excluding carboxylic acids is 1. The average molecular weight is 498 g/mol. The summed E-state index contributed by atoms with van der Waals surface area (Å²) in [6, 6.07) is 0. The van der Waals surface area contributed by atoms with Crippen LogP contribution in [0.15, 0.2) is 16.2 Å². The number of rotatable bonds is 4. The van der Waals surface area contributed by atoms with Crippen LogP contribution in [0.2, 0.25) is 15.2 Å². The van der Waals surface area contributed by atoms with Crippen molar-refractivity contribution in [2.45, 2.75) is 0 Å². The summed E-state index contributed by atoms with van der Waals surface area (Å²) < 4.78 is 11.6. The van der Waals surface area contributed by atoms with E-state index in [1.807, 2.05) is 0 Å². The molecule has 0 fully saturated rings. The van der Waals surface area contributed by atoms with Crippen LogP contribution in [-0.2, 0) is 0 Å². The van der Waals surface area contributed by atoms with Crippen molar-refractivity contribution >= 4 is 83.9 Å². The van der Waals surface area contributed by atoms with Crippen molar-refractivity contribution in [1.29, 1.82) is 0 Å². The number of hydrogen-bond donors (Lipinski definition) is 1. The largest absolute Gasteiger partial charge is 0.494 e. The van der Waals surface area contributed by atoms with Crippen LogP contribution < -0.4 is 14.8 Å². The molecule has 0 aliphatic heterocycles. The summed E-state index contributed by atoms with van der Waals surface area (Å²) in [4.78, 5) is 20.8. The lowest BCUT2D eigenvalue weighted by Gasteiger charge is -2.17. The molecule has 0 atom stereocenters. The molecule has 0 saturated carbocycles. The smallest absolute Gasteiger partial charge is 0.258 e. The Balaban J connectivity index is 2.08. The van der Waals surface area contributed by atoms with Crippen LogP contribution in [-0.4, -0.2) is 30.1 Å². The highest BCUT2D eigenvalue weighted by Gasteiger charge is 2.25. The zero-order chi connectivity index (χ0) is 19.0. The molecule has 0 bridgehead atoms. The molecule has 0 aliphatic carbocycles. The van der Waals surface area contributed by atoms with Crippen LogP contribution in [0.3, 0.4) is 0 Å². The van der Waals surface area contributed by atoms with Gasteiger partial charge in [-0.15, -0.1) is 11.3 Å². The molecule has 1 aromatic carbocycles. The van der Waals surface area contributed by atoms with E-state index in [2.05, 4.69) is 31.2 Å². The molecular weight excluding hydrogens is 489 g/mol. The molecule has 136 valence electrons. The number of amides is 1. The Morgan fingerprint density at radius 3 is 2.35 bits per heavy atom. The molecule has 11 heteroatoms. The van der Waals surface area contributed by atoms with Gasteiger partial charge in [-0.1, -0.05) is 34.8 Å². The highest BCUT2D eigenvalue weighted by molar-refractivity contribution is 9.10. The van der Waals surface area contributed by atoms with Gasteiger partial charge in [0.2, 0.25) is 0 Å². The molecule has 2 aromatic heterocycles. The molecule has 0 spiro atoms. The third kappa shape index (κ3) is 3.20. The van der Waals surface area contributed by atoms with E-state index < -0.39 is 5.91 Å². The Kier molecular flexibility index (Phi) is 5.78. The van der Waals surface area contributed by atoms with E-state index in [1.54, 1.807) is 5.38 Å². The lowest BCUT2D eigenvalue weighted by atomic mass is 10.2. The van der Waals surface area contributed by atoms with Crippen molar-refractivity contribution < 1.29 is 14.3 Å². The SMILES string of the molecule is COc1c(Cl)c(NC(=O)c2csc3c(Cl)ncnc23)c(Cl)c(OC)c1Br. The fourth-order valence-electron chi connectivity index (χ4n) is 2.25. The molecule has 1 amide bonds. The van der Waals surface area contributed by atoms with E-state index in [9.17, 15) is 4.79 Å². The van der Waals surface area contributed by atoms with Crippen LogP contribution in [0.4, 0.5) is 5.69 Å². The van der Waals surface area contributed by atoms with Crippen molar-refractivity contribution in [2.75, 3.05) is 19.5 Å². The minimum absolute atomic E-state index is 0.130. The standard InChI is InChI=1S/C15H9BrCl3N3O3S/c1-24-11-6(16)12(25-2)8(18)10(7(11)17)22-15(23)5-3-26-13-9(5)20-4-21-14(13)19/h3-4H,1-2H3,(H,22,23). The van der Waals surface area contributed by atoms with E-state index >= 15 is 0 Å². The molecule has 2 heterocycles. The maximum absolute atomic E-state index is 12.8. The number of anilines is 1. The van der Waals surface area contributed by atoms with Crippen LogP contribution in [0, 0.1) is 0 Å². The predicted molar refractivity (Wildman–Crippen MR) is 108 cm³/mol. The number of aromatic nitrogens is 2. The first-order valence-corrected chi connectivity index (χ1v) is 9.68. The van der Waals surface area contributed by atoms with Gasteiger partial charge in [-0.25, -0.2) is 9.97 Å². The third-order valence-electron chi connectivity index (χ3n) is 3.44. The highest BCUT2D eigenvalue weighted by atomic mass is 79.9. The summed E-state index contributed by atoms with van der Waals surface area (Å²) in [6.45, 7) is 0. The number of fused-ring (bicyclic) bond motifs is 1. The van der Waals surface area contributed by atoms with Crippen molar-refractivity contribution in [3.05, 3.63) is 36.9 Å². The number of carbonyl (C=O) groups is 1. The van der Waals surface area contributed by atoms with Gasteiger partial charge < -0.3 is 14.8 Å². The summed E-state index contributed by atoms with van der Waals surface area (Å²) in [5.74, 6) is 0.105. The summed E-state index contributed by atoms with van der Waals surface area (Å²) in [5, 5.41) is 4.86. The van der Waals surface area contributed by atoms with Gasteiger partial charge in [0.1, 0.15) is 26.0 Å². The molecule has 0 radical (unpaired) electrons. The normalized spacial score (nSPS) is 10.8. The number of ether oxygens (including phenoxy) is 2. The first-order chi connectivity index (χ1) is 12.4. The minimum Gasteiger partial charge on any atom is -0.494 e. The molecule has 3 rings (SSSR count). The van der Waals surface area contributed by atoms with Gasteiger partial charge in [0.25, 0.3) is 5.91 Å². The summed E-state index contributed by atoms with van der Waals surface area (Å²) in [6.07, 6.45) is 1.29. The second kappa shape index (κ2) is 7.74. The Morgan fingerprint density at radius 1 is 1.15 bits per heavy atom. The average Bonchev–Trinajstić information content (AvgIpc) is 3.05. The lowest BCUT2D eigenvalue weighted by Crippen LogP contribution is -2.13. The van der Waals surface area contributed by atoms with E-state index in [4.69, 9.17) is 44.3 Å². The van der Waals surface area contributed by atoms with Gasteiger partial charge in [-0.3, -0.25) is 4.79 Å². The lowest BCUT2D eigenvalue weighted by molar-refractivity contribution is 0.102. The topological polar surface area (TPSA) is 73.3 Å². The van der Waals surface area contributed by atoms with Crippen LogP contribution in [0.1, 0.15) is 10.4 Å². The molecule has 0 unspecified atom stereocenters. The number of hydrogen-bond acceptors (Lipinski definition) is 6. The van der Waals surface area contributed by atoms with Gasteiger partial charge >= 0.3 is 0 Å². The van der Waals surface area contributed by atoms with Gasteiger partial charge in [0, 0.05) is 5.38 Å². The number of thiophene rings is 1. The quantitative estimate of drug-likeness (QED) is 0.469. The Hall–Kier alpha value is -1.32. The first-order valence-electron chi connectivity index (χ1n) is 6.88. The van der Waals surface area contributed by atoms with E-state index in [-0.39, 0.29) is 32.4 Å². The first kappa shape index (κ1) is 19.4. The Bertz CT molecular complexity index is 997. The van der Waals surface area contributed by atoms with Crippen molar-refractivity contribution in [1.82, 2.24) is 9.97 Å². The number of nitrogens with one attached hydrogen (secondary N) is 1. The maximum Gasteiger partial charge on any atom is 0.258 e. The van der Waals surface area contributed by atoms with Gasteiger partial charge in [-0.2, -0.15) is 0 Å². The molecule has 6 nitrogen and oxygen atoms in total. The van der Waals surface area contributed by atoms with Gasteiger partial charge in [-0.05, 0) is 15.9 Å². The second-order valence-electron chi connectivity index (χ2n) is 4.83. The zero-order valence-electron chi connectivity index (χ0n) is 13.2. The Labute approximate surface area is 175 Å². The monoisotopic (exact) mass is 495 g/mol. The van der Waals surface area contributed by atoms with E-state index in [1.165, 1.54) is 31.9 Å². The molecule has 0 aliphatic rings. The minimum atomic E-state index is -0.457. The van der Waals surface area contributed by atoms with Gasteiger partial charge in [0.05, 0.1) is 35.7 Å². The van der Waals surface area contributed by atoms with E-state index in [0.717, 1.165) is 0 Å². The van der Waals surface area contributed by atoms with Crippen molar-refractivity contribution in [3.8, 4) is 11.5 Å². The molecule has 1 N–H and O–H groups in total. The van der Waals surface area contributed by atoms with E-state index in [0.29, 0.717) is 20.3 Å². The maximum atomic E-state index is 12.8. The Morgan fingerprint density at radius 2 is 1.77 bits per heavy atom. The molecule has 0 saturated heterocycles. The third-order valence-corrected chi connectivity index (χ3v) is 6.25. The molecular formula is C15H9BrCl3N3O3S. The van der Waals surface area contributed by atoms with Crippen molar-refractivity contribution in [2.24, 2.45) is 0 Å². The number of methoxy groups -OCH3 is 2. The van der Waals surface area contributed by atoms with Crippen LogP contribution in [0.25, 0.3) is 10.2 Å². The molecule has 26 heavy (non-hydrogen) atoms. The number of benzene rings is 1. The highest BCUT2D eigenvalue weighted by Crippen LogP contribution is 2.50. The zero-order valence-corrected chi connectivity index (χ0v) is 17.9.